The fourth-order valence-corrected chi connectivity index (χ4v) is 2.50. The molecule has 0 aliphatic heterocycles. The number of H-pyrrole nitrogens is 1. The van der Waals surface area contributed by atoms with Crippen LogP contribution >= 0.6 is 12.2 Å². The molecule has 0 atom stereocenters. The predicted molar refractivity (Wildman–Crippen MR) is 77.8 cm³/mol. The van der Waals surface area contributed by atoms with Gasteiger partial charge in [0.05, 0.1) is 5.52 Å². The van der Waals surface area contributed by atoms with Gasteiger partial charge in [-0.05, 0) is 56.0 Å². The van der Waals surface area contributed by atoms with Crippen LogP contribution in [-0.2, 0) is 11.3 Å². The third-order valence-electron chi connectivity index (χ3n) is 3.47. The summed E-state index contributed by atoms with van der Waals surface area (Å²) >= 11 is 5.35. The highest BCUT2D eigenvalue weighted by Crippen LogP contribution is 2.28. The van der Waals surface area contributed by atoms with Gasteiger partial charge in [0.25, 0.3) is 0 Å². The fourth-order valence-electron chi connectivity index (χ4n) is 2.21. The summed E-state index contributed by atoms with van der Waals surface area (Å²) in [6.07, 6.45) is 5.54. The van der Waals surface area contributed by atoms with Crippen LogP contribution in [0.25, 0.3) is 11.2 Å². The van der Waals surface area contributed by atoms with Crippen molar-refractivity contribution in [2.45, 2.75) is 32.7 Å². The van der Waals surface area contributed by atoms with E-state index in [0.717, 1.165) is 53.6 Å². The zero-order valence-corrected chi connectivity index (χ0v) is 12.0. The minimum absolute atomic E-state index is 0.746. The van der Waals surface area contributed by atoms with Gasteiger partial charge in [-0.3, -0.25) is 0 Å². The second-order valence-electron chi connectivity index (χ2n) is 5.34. The fraction of sp³-hybridized carbons (Fsp3) is 0.571. The highest BCUT2D eigenvalue weighted by atomic mass is 32.1. The molecule has 1 N–H and O–H groups in total. The van der Waals surface area contributed by atoms with Crippen LogP contribution in [0.15, 0.2) is 12.3 Å². The summed E-state index contributed by atoms with van der Waals surface area (Å²) in [6.45, 7) is 4.62. The maximum absolute atomic E-state index is 5.65. The largest absolute Gasteiger partial charge is 0.381 e. The van der Waals surface area contributed by atoms with Crippen LogP contribution in [0.5, 0.6) is 0 Å². The van der Waals surface area contributed by atoms with Gasteiger partial charge in [-0.1, -0.05) is 0 Å². The molecule has 0 spiro atoms. The lowest BCUT2D eigenvalue weighted by molar-refractivity contribution is 0.119. The van der Waals surface area contributed by atoms with E-state index in [0.29, 0.717) is 0 Å². The van der Waals surface area contributed by atoms with Crippen LogP contribution in [0.1, 0.15) is 24.8 Å². The maximum atomic E-state index is 5.65. The number of hydrogen-bond donors (Lipinski definition) is 1. The number of pyridine rings is 1. The molecule has 1 aliphatic rings. The third-order valence-corrected chi connectivity index (χ3v) is 3.79. The number of aryl methyl sites for hydroxylation is 2. The van der Waals surface area contributed by atoms with Gasteiger partial charge in [0.15, 0.2) is 10.4 Å². The number of rotatable bonds is 6. The molecule has 0 aromatic carbocycles. The maximum Gasteiger partial charge on any atom is 0.179 e. The first-order chi connectivity index (χ1) is 9.24. The van der Waals surface area contributed by atoms with Crippen LogP contribution < -0.4 is 0 Å². The quantitative estimate of drug-likeness (QED) is 0.651. The number of nitrogens with zero attached hydrogens (tertiary/aromatic N) is 2. The van der Waals surface area contributed by atoms with Crippen molar-refractivity contribution in [3.8, 4) is 0 Å². The average molecular weight is 277 g/mol. The molecule has 5 heteroatoms. The average Bonchev–Trinajstić information content (AvgIpc) is 3.14. The van der Waals surface area contributed by atoms with Crippen molar-refractivity contribution < 1.29 is 4.74 Å². The number of ether oxygens (including phenoxy) is 1. The minimum Gasteiger partial charge on any atom is -0.381 e. The Kier molecular flexibility index (Phi) is 3.66. The van der Waals surface area contributed by atoms with Gasteiger partial charge >= 0.3 is 0 Å². The lowest BCUT2D eigenvalue weighted by Gasteiger charge is -2.05. The van der Waals surface area contributed by atoms with Crippen LogP contribution in [-0.4, -0.2) is 27.7 Å². The number of nitrogens with one attached hydrogen (secondary N) is 1. The van der Waals surface area contributed by atoms with E-state index in [2.05, 4.69) is 20.6 Å². The molecule has 0 amide bonds. The Morgan fingerprint density at radius 2 is 2.37 bits per heavy atom. The Morgan fingerprint density at radius 3 is 3.16 bits per heavy atom. The van der Waals surface area contributed by atoms with Crippen LogP contribution in [0.3, 0.4) is 0 Å². The molecular weight excluding hydrogens is 258 g/mol. The summed E-state index contributed by atoms with van der Waals surface area (Å²) < 4.78 is 8.45. The predicted octanol–water partition coefficient (Wildman–Crippen LogP) is 3.22. The van der Waals surface area contributed by atoms with Gasteiger partial charge < -0.3 is 14.3 Å². The van der Waals surface area contributed by atoms with Gasteiger partial charge in [-0.15, -0.1) is 0 Å². The summed E-state index contributed by atoms with van der Waals surface area (Å²) in [6, 6.07) is 2.08. The van der Waals surface area contributed by atoms with Gasteiger partial charge in [-0.2, -0.15) is 0 Å². The zero-order valence-electron chi connectivity index (χ0n) is 11.2. The van der Waals surface area contributed by atoms with E-state index < -0.39 is 0 Å². The normalized spacial score (nSPS) is 15.2. The van der Waals surface area contributed by atoms with Crippen molar-refractivity contribution in [3.63, 3.8) is 0 Å². The van der Waals surface area contributed by atoms with Crippen LogP contribution in [0, 0.1) is 17.6 Å². The minimum atomic E-state index is 0.746. The number of hydrogen-bond acceptors (Lipinski definition) is 3. The first kappa shape index (κ1) is 12.8. The van der Waals surface area contributed by atoms with Crippen LogP contribution in [0.2, 0.25) is 0 Å². The van der Waals surface area contributed by atoms with Crippen molar-refractivity contribution in [1.82, 2.24) is 14.5 Å². The van der Waals surface area contributed by atoms with E-state index in [1.807, 2.05) is 13.1 Å². The number of aromatic nitrogens is 3. The Balaban J connectivity index is 1.62. The van der Waals surface area contributed by atoms with E-state index >= 15 is 0 Å². The van der Waals surface area contributed by atoms with Crippen molar-refractivity contribution >= 4 is 23.4 Å². The van der Waals surface area contributed by atoms with E-state index in [1.165, 1.54) is 12.8 Å². The molecule has 102 valence electrons. The van der Waals surface area contributed by atoms with Gasteiger partial charge in [0, 0.05) is 26.0 Å². The van der Waals surface area contributed by atoms with Crippen LogP contribution in [0.4, 0.5) is 0 Å². The second-order valence-corrected chi connectivity index (χ2v) is 5.72. The summed E-state index contributed by atoms with van der Waals surface area (Å²) in [5.41, 5.74) is 3.10. The highest BCUT2D eigenvalue weighted by Gasteiger charge is 2.20. The van der Waals surface area contributed by atoms with E-state index in [-0.39, 0.29) is 0 Å². The molecule has 0 bridgehead atoms. The first-order valence-corrected chi connectivity index (χ1v) is 7.28. The van der Waals surface area contributed by atoms with Gasteiger partial charge in [-0.25, -0.2) is 4.98 Å². The molecule has 1 saturated carbocycles. The monoisotopic (exact) mass is 277 g/mol. The molecule has 2 aromatic rings. The molecule has 0 radical (unpaired) electrons. The third kappa shape index (κ3) is 3.04. The summed E-state index contributed by atoms with van der Waals surface area (Å²) in [4.78, 5) is 7.67. The molecule has 0 saturated heterocycles. The topological polar surface area (TPSA) is 42.8 Å². The van der Waals surface area contributed by atoms with Gasteiger partial charge in [0.2, 0.25) is 0 Å². The van der Waals surface area contributed by atoms with Crippen molar-refractivity contribution in [1.29, 1.82) is 0 Å². The number of imidazole rings is 1. The lowest BCUT2D eigenvalue weighted by atomic mass is 10.3. The lowest BCUT2D eigenvalue weighted by Crippen LogP contribution is -2.05. The molecule has 2 heterocycles. The summed E-state index contributed by atoms with van der Waals surface area (Å²) in [5.74, 6) is 0.833. The molecule has 19 heavy (non-hydrogen) atoms. The molecule has 2 aromatic heterocycles. The Bertz CT molecular complexity index is 627. The summed E-state index contributed by atoms with van der Waals surface area (Å²) in [5, 5.41) is 0. The van der Waals surface area contributed by atoms with E-state index in [4.69, 9.17) is 17.0 Å². The second kappa shape index (κ2) is 5.43. The van der Waals surface area contributed by atoms with Crippen molar-refractivity contribution in [2.75, 3.05) is 13.2 Å². The molecular formula is C14H19N3OS. The van der Waals surface area contributed by atoms with Crippen molar-refractivity contribution in [3.05, 3.63) is 22.6 Å². The SMILES string of the molecule is Cc1cnc2c(c1)[nH]c(=S)n2CCCOCC1CC1. The van der Waals surface area contributed by atoms with Crippen molar-refractivity contribution in [2.24, 2.45) is 5.92 Å². The Morgan fingerprint density at radius 1 is 1.53 bits per heavy atom. The molecule has 1 fully saturated rings. The number of aromatic amines is 1. The van der Waals surface area contributed by atoms with Gasteiger partial charge in [0.1, 0.15) is 0 Å². The molecule has 0 unspecified atom stereocenters. The molecule has 1 aliphatic carbocycles. The molecule has 4 nitrogen and oxygen atoms in total. The van der Waals surface area contributed by atoms with E-state index in [9.17, 15) is 0 Å². The van der Waals surface area contributed by atoms with E-state index in [1.54, 1.807) is 0 Å². The Labute approximate surface area is 117 Å². The zero-order chi connectivity index (χ0) is 13.2. The smallest absolute Gasteiger partial charge is 0.179 e. The number of fused-ring (bicyclic) bond motifs is 1. The Hall–Kier alpha value is -1.20. The highest BCUT2D eigenvalue weighted by molar-refractivity contribution is 7.71. The first-order valence-electron chi connectivity index (χ1n) is 6.87. The molecule has 3 rings (SSSR count). The standard InChI is InChI=1S/C14H19N3OS/c1-10-7-12-13(15-8-10)17(14(19)16-12)5-2-6-18-9-11-3-4-11/h7-8,11H,2-6,9H2,1H3,(H,16,19). The summed E-state index contributed by atoms with van der Waals surface area (Å²) in [7, 11) is 0.